The molecule has 0 aliphatic rings. The van der Waals surface area contributed by atoms with Gasteiger partial charge in [-0.2, -0.15) is 0 Å². The number of hydrogen-bond acceptors (Lipinski definition) is 2. The molecule has 0 spiro atoms. The molecule has 0 aliphatic heterocycles. The second-order valence-electron chi connectivity index (χ2n) is 5.61. The van der Waals surface area contributed by atoms with E-state index in [1.54, 1.807) is 7.05 Å². The van der Waals surface area contributed by atoms with E-state index in [1.165, 1.54) is 11.8 Å². The molecule has 0 rings (SSSR count). The van der Waals surface area contributed by atoms with Gasteiger partial charge in [-0.3, -0.25) is 4.79 Å². The molecule has 1 amide bonds. The van der Waals surface area contributed by atoms with Crippen molar-refractivity contribution in [3.8, 4) is 0 Å². The van der Waals surface area contributed by atoms with Crippen LogP contribution in [-0.2, 0) is 9.59 Å². The topological polar surface area (TPSA) is 57.6 Å². The maximum absolute atomic E-state index is 11.6. The predicted molar refractivity (Wildman–Crippen MR) is 67.7 cm³/mol. The smallest absolute Gasteiger partial charge is 0.329 e. The summed E-state index contributed by atoms with van der Waals surface area (Å²) in [4.78, 5) is 24.5. The molecule has 0 bridgehead atoms. The minimum atomic E-state index is -1.08. The minimum Gasteiger partial charge on any atom is -0.479 e. The van der Waals surface area contributed by atoms with Crippen molar-refractivity contribution in [3.05, 3.63) is 0 Å². The monoisotopic (exact) mass is 243 g/mol. The van der Waals surface area contributed by atoms with Gasteiger partial charge < -0.3 is 10.0 Å². The Balaban J connectivity index is 5.38. The van der Waals surface area contributed by atoms with Gasteiger partial charge in [-0.15, -0.1) is 0 Å². The largest absolute Gasteiger partial charge is 0.479 e. The van der Waals surface area contributed by atoms with Gasteiger partial charge in [0.05, 0.1) is 0 Å². The van der Waals surface area contributed by atoms with E-state index in [2.05, 4.69) is 0 Å². The van der Waals surface area contributed by atoms with E-state index in [0.29, 0.717) is 12.8 Å². The van der Waals surface area contributed by atoms with Crippen LogP contribution in [0.5, 0.6) is 0 Å². The molecular formula is C13H25NO3. The molecule has 0 aliphatic carbocycles. The van der Waals surface area contributed by atoms with Gasteiger partial charge in [0.2, 0.25) is 5.91 Å². The Hall–Kier alpha value is -1.06. The molecule has 0 fully saturated rings. The molecule has 0 aromatic carbocycles. The number of carboxylic acid groups (broad SMARTS) is 1. The van der Waals surface area contributed by atoms with E-state index in [0.717, 1.165) is 0 Å². The average molecular weight is 243 g/mol. The third kappa shape index (κ3) is 4.02. The Bertz CT molecular complexity index is 274. The van der Waals surface area contributed by atoms with Crippen LogP contribution in [-0.4, -0.2) is 34.5 Å². The van der Waals surface area contributed by atoms with Crippen LogP contribution in [0.4, 0.5) is 0 Å². The van der Waals surface area contributed by atoms with Crippen molar-refractivity contribution in [1.29, 1.82) is 0 Å². The van der Waals surface area contributed by atoms with Gasteiger partial charge in [-0.05, 0) is 24.7 Å². The molecule has 17 heavy (non-hydrogen) atoms. The number of carbonyl (C=O) groups excluding carboxylic acids is 1. The maximum atomic E-state index is 11.6. The van der Waals surface area contributed by atoms with Crippen molar-refractivity contribution in [2.45, 2.75) is 53.0 Å². The van der Waals surface area contributed by atoms with E-state index in [9.17, 15) is 14.7 Å². The summed E-state index contributed by atoms with van der Waals surface area (Å²) in [6.45, 7) is 9.33. The summed E-state index contributed by atoms with van der Waals surface area (Å²) in [6.07, 6.45) is 0.965. The highest BCUT2D eigenvalue weighted by Gasteiger charge is 2.44. The van der Waals surface area contributed by atoms with Crippen LogP contribution in [0.2, 0.25) is 0 Å². The second kappa shape index (κ2) is 6.03. The van der Waals surface area contributed by atoms with Gasteiger partial charge in [0, 0.05) is 14.0 Å². The quantitative estimate of drug-likeness (QED) is 0.779. The van der Waals surface area contributed by atoms with E-state index >= 15 is 0 Å². The number of hydrogen-bond donors (Lipinski definition) is 1. The Morgan fingerprint density at radius 3 is 1.65 bits per heavy atom. The van der Waals surface area contributed by atoms with E-state index in [4.69, 9.17) is 0 Å². The highest BCUT2D eigenvalue weighted by Crippen LogP contribution is 2.31. The molecule has 0 saturated carbocycles. The van der Waals surface area contributed by atoms with E-state index in [1.807, 2.05) is 27.7 Å². The zero-order valence-electron chi connectivity index (χ0n) is 11.8. The number of amides is 1. The van der Waals surface area contributed by atoms with Crippen LogP contribution >= 0.6 is 0 Å². The highest BCUT2D eigenvalue weighted by atomic mass is 16.4. The highest BCUT2D eigenvalue weighted by molar-refractivity contribution is 5.85. The summed E-state index contributed by atoms with van der Waals surface area (Å²) >= 11 is 0. The first-order chi connectivity index (χ1) is 7.63. The van der Waals surface area contributed by atoms with Crippen LogP contribution in [0.15, 0.2) is 0 Å². The molecule has 100 valence electrons. The molecule has 4 nitrogen and oxygen atoms in total. The summed E-state index contributed by atoms with van der Waals surface area (Å²) in [6, 6.07) is 0. The van der Waals surface area contributed by atoms with E-state index < -0.39 is 11.5 Å². The second-order valence-corrected chi connectivity index (χ2v) is 5.61. The van der Waals surface area contributed by atoms with Gasteiger partial charge in [0.15, 0.2) is 0 Å². The standard InChI is InChI=1S/C13H25NO3/c1-9(2)7-13(12(16)17,8-10(3)4)14(6)11(5)15/h9-10H,7-8H2,1-6H3,(H,16,17). The van der Waals surface area contributed by atoms with Crippen molar-refractivity contribution >= 4 is 11.9 Å². The van der Waals surface area contributed by atoms with Crippen molar-refractivity contribution in [2.75, 3.05) is 7.05 Å². The first-order valence-corrected chi connectivity index (χ1v) is 6.11. The van der Waals surface area contributed by atoms with Crippen LogP contribution in [0.1, 0.15) is 47.5 Å². The summed E-state index contributed by atoms with van der Waals surface area (Å²) < 4.78 is 0. The molecule has 4 heteroatoms. The molecule has 0 heterocycles. The predicted octanol–water partition coefficient (Wildman–Crippen LogP) is 2.38. The van der Waals surface area contributed by atoms with Crippen LogP contribution in [0.3, 0.4) is 0 Å². The third-order valence-electron chi connectivity index (χ3n) is 3.00. The lowest BCUT2D eigenvalue weighted by Crippen LogP contribution is -2.56. The van der Waals surface area contributed by atoms with Crippen molar-refractivity contribution < 1.29 is 14.7 Å². The summed E-state index contributed by atoms with van der Waals surface area (Å²) in [5, 5.41) is 9.55. The van der Waals surface area contributed by atoms with Crippen molar-refractivity contribution in [3.63, 3.8) is 0 Å². The molecule has 0 unspecified atom stereocenters. The lowest BCUT2D eigenvalue weighted by molar-refractivity contribution is -0.159. The van der Waals surface area contributed by atoms with Gasteiger partial charge in [-0.25, -0.2) is 4.79 Å². The Morgan fingerprint density at radius 2 is 1.47 bits per heavy atom. The zero-order valence-corrected chi connectivity index (χ0v) is 11.8. The maximum Gasteiger partial charge on any atom is 0.329 e. The number of nitrogens with zero attached hydrogens (tertiary/aromatic N) is 1. The Morgan fingerprint density at radius 1 is 1.12 bits per heavy atom. The Kier molecular flexibility index (Phi) is 5.66. The molecule has 0 aromatic rings. The fourth-order valence-electron chi connectivity index (χ4n) is 2.33. The normalized spacial score (nSPS) is 12.0. The number of aliphatic carboxylic acids is 1. The van der Waals surface area contributed by atoms with Crippen molar-refractivity contribution in [2.24, 2.45) is 11.8 Å². The van der Waals surface area contributed by atoms with Crippen LogP contribution < -0.4 is 0 Å². The molecule has 0 radical (unpaired) electrons. The number of likely N-dealkylation sites (N-methyl/N-ethyl adjacent to an activating group) is 1. The third-order valence-corrected chi connectivity index (χ3v) is 3.00. The molecule has 0 saturated heterocycles. The van der Waals surface area contributed by atoms with Gasteiger partial charge in [0.25, 0.3) is 0 Å². The minimum absolute atomic E-state index is 0.200. The molecule has 1 N–H and O–H groups in total. The zero-order chi connectivity index (χ0) is 13.8. The number of carboxylic acids is 1. The number of rotatable bonds is 6. The van der Waals surface area contributed by atoms with E-state index in [-0.39, 0.29) is 17.7 Å². The lowest BCUT2D eigenvalue weighted by Gasteiger charge is -2.40. The summed E-state index contributed by atoms with van der Waals surface area (Å²) in [5.74, 6) is -0.649. The summed E-state index contributed by atoms with van der Waals surface area (Å²) in [5.41, 5.74) is -1.08. The summed E-state index contributed by atoms with van der Waals surface area (Å²) in [7, 11) is 1.58. The Labute approximate surface area is 104 Å². The molecule has 0 aromatic heterocycles. The fraction of sp³-hybridized carbons (Fsp3) is 0.846. The van der Waals surface area contributed by atoms with Gasteiger partial charge in [0.1, 0.15) is 5.54 Å². The van der Waals surface area contributed by atoms with Crippen LogP contribution in [0, 0.1) is 11.8 Å². The molecule has 0 atom stereocenters. The van der Waals surface area contributed by atoms with Gasteiger partial charge >= 0.3 is 5.97 Å². The first kappa shape index (κ1) is 15.9. The first-order valence-electron chi connectivity index (χ1n) is 6.11. The SMILES string of the molecule is CC(=O)N(C)C(CC(C)C)(CC(C)C)C(=O)O. The van der Waals surface area contributed by atoms with Crippen molar-refractivity contribution in [1.82, 2.24) is 4.90 Å². The molecular weight excluding hydrogens is 218 g/mol. The number of carbonyl (C=O) groups is 2. The fourth-order valence-corrected chi connectivity index (χ4v) is 2.33. The van der Waals surface area contributed by atoms with Gasteiger partial charge in [-0.1, -0.05) is 27.7 Å². The van der Waals surface area contributed by atoms with Crippen LogP contribution in [0.25, 0.3) is 0 Å². The lowest BCUT2D eigenvalue weighted by atomic mass is 9.80. The average Bonchev–Trinajstić information content (AvgIpc) is 2.13.